The third-order valence-corrected chi connectivity index (χ3v) is 2.36. The monoisotopic (exact) mass is 227 g/mol. The predicted molar refractivity (Wildman–Crippen MR) is 67.4 cm³/mol. The summed E-state index contributed by atoms with van der Waals surface area (Å²) in [5.74, 6) is -0.109. The van der Waals surface area contributed by atoms with E-state index in [1.54, 1.807) is 25.5 Å². The second kappa shape index (κ2) is 5.12. The summed E-state index contributed by atoms with van der Waals surface area (Å²) < 4.78 is 0. The van der Waals surface area contributed by atoms with Crippen LogP contribution in [0.1, 0.15) is 10.4 Å². The van der Waals surface area contributed by atoms with Crippen LogP contribution in [0.3, 0.4) is 0 Å². The van der Waals surface area contributed by atoms with Gasteiger partial charge in [0.15, 0.2) is 0 Å². The van der Waals surface area contributed by atoms with Crippen molar-refractivity contribution in [1.82, 2.24) is 10.3 Å². The molecule has 0 aliphatic heterocycles. The van der Waals surface area contributed by atoms with Gasteiger partial charge in [-0.2, -0.15) is 0 Å². The summed E-state index contributed by atoms with van der Waals surface area (Å²) in [7, 11) is 1.62. The van der Waals surface area contributed by atoms with E-state index in [-0.39, 0.29) is 5.91 Å². The number of nitrogens with one attached hydrogen (secondary N) is 2. The van der Waals surface area contributed by atoms with Gasteiger partial charge in [0.25, 0.3) is 5.91 Å². The maximum absolute atomic E-state index is 11.7. The first-order valence-electron chi connectivity index (χ1n) is 5.29. The van der Waals surface area contributed by atoms with E-state index in [9.17, 15) is 4.79 Å². The Bertz CT molecular complexity index is 511. The number of carbonyl (C=O) groups excluding carboxylic acids is 1. The van der Waals surface area contributed by atoms with Crippen LogP contribution >= 0.6 is 0 Å². The fraction of sp³-hybridized carbons (Fsp3) is 0.0769. The van der Waals surface area contributed by atoms with Gasteiger partial charge in [-0.05, 0) is 24.3 Å². The average Bonchev–Trinajstić information content (AvgIpc) is 2.40. The summed E-state index contributed by atoms with van der Waals surface area (Å²) in [5, 5.41) is 5.80. The molecular weight excluding hydrogens is 214 g/mol. The van der Waals surface area contributed by atoms with Gasteiger partial charge in [-0.15, -0.1) is 0 Å². The van der Waals surface area contributed by atoms with Crippen molar-refractivity contribution in [3.8, 4) is 0 Å². The average molecular weight is 227 g/mol. The molecule has 0 aliphatic carbocycles. The normalized spacial score (nSPS) is 9.71. The van der Waals surface area contributed by atoms with Crippen molar-refractivity contribution in [2.75, 3.05) is 12.4 Å². The first-order chi connectivity index (χ1) is 8.31. The summed E-state index contributed by atoms with van der Waals surface area (Å²) in [6.45, 7) is 0. The van der Waals surface area contributed by atoms with Crippen LogP contribution in [0.5, 0.6) is 0 Å². The van der Waals surface area contributed by atoms with Crippen molar-refractivity contribution in [1.29, 1.82) is 0 Å². The lowest BCUT2D eigenvalue weighted by molar-refractivity contribution is 0.0964. The molecule has 0 saturated heterocycles. The Labute approximate surface area is 99.7 Å². The van der Waals surface area contributed by atoms with Crippen LogP contribution in [0.4, 0.5) is 11.4 Å². The van der Waals surface area contributed by atoms with E-state index in [1.807, 2.05) is 30.3 Å². The van der Waals surface area contributed by atoms with E-state index in [1.165, 1.54) is 0 Å². The minimum Gasteiger partial charge on any atom is -0.355 e. The standard InChI is InChI=1S/C13H13N3O/c1-14-13(17)11-4-2-3-5-12(11)16-10-6-8-15-9-7-10/h2-9H,1H3,(H,14,17)(H,15,16). The lowest BCUT2D eigenvalue weighted by Gasteiger charge is -2.10. The van der Waals surface area contributed by atoms with Crippen LogP contribution in [0.2, 0.25) is 0 Å². The minimum atomic E-state index is -0.109. The van der Waals surface area contributed by atoms with Gasteiger partial charge in [0.2, 0.25) is 0 Å². The Hall–Kier alpha value is -2.36. The number of rotatable bonds is 3. The number of benzene rings is 1. The van der Waals surface area contributed by atoms with E-state index in [4.69, 9.17) is 0 Å². The molecule has 1 amide bonds. The topological polar surface area (TPSA) is 54.0 Å². The quantitative estimate of drug-likeness (QED) is 0.845. The molecule has 0 unspecified atom stereocenters. The van der Waals surface area contributed by atoms with Crippen LogP contribution in [-0.4, -0.2) is 17.9 Å². The smallest absolute Gasteiger partial charge is 0.253 e. The number of nitrogens with zero attached hydrogens (tertiary/aromatic N) is 1. The number of hydrogen-bond donors (Lipinski definition) is 2. The highest BCUT2D eigenvalue weighted by molar-refractivity contribution is 6.00. The van der Waals surface area contributed by atoms with Crippen molar-refractivity contribution in [3.05, 3.63) is 54.4 Å². The highest BCUT2D eigenvalue weighted by Gasteiger charge is 2.08. The van der Waals surface area contributed by atoms with Crippen molar-refractivity contribution in [2.24, 2.45) is 0 Å². The highest BCUT2D eigenvalue weighted by atomic mass is 16.1. The van der Waals surface area contributed by atoms with Crippen LogP contribution in [0.15, 0.2) is 48.8 Å². The van der Waals surface area contributed by atoms with Gasteiger partial charge >= 0.3 is 0 Å². The molecular formula is C13H13N3O. The van der Waals surface area contributed by atoms with Crippen molar-refractivity contribution in [2.45, 2.75) is 0 Å². The summed E-state index contributed by atoms with van der Waals surface area (Å²) in [4.78, 5) is 15.6. The molecule has 1 aromatic carbocycles. The van der Waals surface area contributed by atoms with Gasteiger partial charge in [0.05, 0.1) is 11.3 Å². The van der Waals surface area contributed by atoms with E-state index >= 15 is 0 Å². The van der Waals surface area contributed by atoms with E-state index in [0.29, 0.717) is 5.56 Å². The van der Waals surface area contributed by atoms with Gasteiger partial charge in [0.1, 0.15) is 0 Å². The Kier molecular flexibility index (Phi) is 3.35. The lowest BCUT2D eigenvalue weighted by atomic mass is 10.1. The summed E-state index contributed by atoms with van der Waals surface area (Å²) in [6, 6.07) is 11.1. The zero-order valence-electron chi connectivity index (χ0n) is 9.47. The van der Waals surface area contributed by atoms with Gasteiger partial charge < -0.3 is 10.6 Å². The largest absolute Gasteiger partial charge is 0.355 e. The molecule has 0 bridgehead atoms. The molecule has 86 valence electrons. The number of anilines is 2. The first kappa shape index (κ1) is 11.1. The van der Waals surface area contributed by atoms with Gasteiger partial charge in [-0.3, -0.25) is 9.78 Å². The second-order valence-corrected chi connectivity index (χ2v) is 3.49. The Morgan fingerprint density at radius 1 is 1.12 bits per heavy atom. The van der Waals surface area contributed by atoms with Crippen molar-refractivity contribution < 1.29 is 4.79 Å². The Morgan fingerprint density at radius 2 is 1.82 bits per heavy atom. The third kappa shape index (κ3) is 2.60. The molecule has 0 fully saturated rings. The molecule has 0 radical (unpaired) electrons. The molecule has 2 rings (SSSR count). The fourth-order valence-corrected chi connectivity index (χ4v) is 1.52. The van der Waals surface area contributed by atoms with Gasteiger partial charge in [-0.1, -0.05) is 12.1 Å². The zero-order valence-corrected chi connectivity index (χ0v) is 9.47. The summed E-state index contributed by atoms with van der Waals surface area (Å²) in [5.41, 5.74) is 2.29. The highest BCUT2D eigenvalue weighted by Crippen LogP contribution is 2.19. The molecule has 2 aromatic rings. The number of carbonyl (C=O) groups is 1. The number of pyridine rings is 1. The SMILES string of the molecule is CNC(=O)c1ccccc1Nc1ccncc1. The molecule has 0 atom stereocenters. The van der Waals surface area contributed by atoms with E-state index < -0.39 is 0 Å². The predicted octanol–water partition coefficient (Wildman–Crippen LogP) is 2.18. The lowest BCUT2D eigenvalue weighted by Crippen LogP contribution is -2.19. The molecule has 0 spiro atoms. The molecule has 4 heteroatoms. The molecule has 0 saturated carbocycles. The fourth-order valence-electron chi connectivity index (χ4n) is 1.52. The first-order valence-corrected chi connectivity index (χ1v) is 5.29. The molecule has 0 aliphatic rings. The van der Waals surface area contributed by atoms with Crippen LogP contribution in [-0.2, 0) is 0 Å². The second-order valence-electron chi connectivity index (χ2n) is 3.49. The van der Waals surface area contributed by atoms with Crippen molar-refractivity contribution >= 4 is 17.3 Å². The number of para-hydroxylation sites is 1. The maximum Gasteiger partial charge on any atom is 0.253 e. The van der Waals surface area contributed by atoms with Gasteiger partial charge in [-0.25, -0.2) is 0 Å². The summed E-state index contributed by atoms with van der Waals surface area (Å²) >= 11 is 0. The minimum absolute atomic E-state index is 0.109. The molecule has 2 N–H and O–H groups in total. The van der Waals surface area contributed by atoms with Crippen LogP contribution < -0.4 is 10.6 Å². The van der Waals surface area contributed by atoms with E-state index in [0.717, 1.165) is 11.4 Å². The molecule has 1 aromatic heterocycles. The molecule has 17 heavy (non-hydrogen) atoms. The molecule has 1 heterocycles. The van der Waals surface area contributed by atoms with Gasteiger partial charge in [0, 0.05) is 25.1 Å². The van der Waals surface area contributed by atoms with Crippen LogP contribution in [0, 0.1) is 0 Å². The maximum atomic E-state index is 11.7. The Balaban J connectivity index is 2.30. The Morgan fingerprint density at radius 3 is 2.53 bits per heavy atom. The van der Waals surface area contributed by atoms with E-state index in [2.05, 4.69) is 15.6 Å². The van der Waals surface area contributed by atoms with Crippen molar-refractivity contribution in [3.63, 3.8) is 0 Å². The number of hydrogen-bond acceptors (Lipinski definition) is 3. The number of aromatic nitrogens is 1. The number of amides is 1. The van der Waals surface area contributed by atoms with Crippen LogP contribution in [0.25, 0.3) is 0 Å². The zero-order chi connectivity index (χ0) is 12.1. The summed E-state index contributed by atoms with van der Waals surface area (Å²) in [6.07, 6.45) is 3.40. The molecule has 4 nitrogen and oxygen atoms in total. The third-order valence-electron chi connectivity index (χ3n) is 2.36.